The molecular weight excluding hydrogens is 524 g/mol. The van der Waals surface area contributed by atoms with Crippen LogP contribution in [0.4, 0.5) is 31.5 Å². The number of nitrogens with zero attached hydrogens (tertiary/aromatic N) is 3. The summed E-state index contributed by atoms with van der Waals surface area (Å²) < 4.78 is 80.9. The van der Waals surface area contributed by atoms with E-state index < -0.39 is 35.0 Å². The topological polar surface area (TPSA) is 36.4 Å². The number of benzene rings is 2. The molecule has 0 aliphatic carbocycles. The van der Waals surface area contributed by atoms with Gasteiger partial charge in [0.25, 0.3) is 5.91 Å². The Labute approximate surface area is 191 Å². The van der Waals surface area contributed by atoms with Gasteiger partial charge in [-0.1, -0.05) is 27.3 Å². The Morgan fingerprint density at radius 1 is 0.969 bits per heavy atom. The Morgan fingerprint density at radius 2 is 1.56 bits per heavy atom. The summed E-state index contributed by atoms with van der Waals surface area (Å²) in [6.07, 6.45) is -10.1. The lowest BCUT2D eigenvalue weighted by Gasteiger charge is -2.23. The van der Waals surface area contributed by atoms with Gasteiger partial charge in [0.1, 0.15) is 0 Å². The zero-order valence-electron chi connectivity index (χ0n) is 16.7. The molecule has 0 radical (unpaired) electrons. The maximum atomic E-state index is 13.2. The highest BCUT2D eigenvalue weighted by molar-refractivity contribution is 9.10. The first kappa shape index (κ1) is 24.5. The molecule has 0 spiro atoms. The molecule has 1 heterocycles. The standard InChI is InChI=1S/C20H16BrF6N3OS/c1-29(2)5-6-30(18-28-15-4-3-14(21)10-16(15)32-18)17(31)11-7-12(19(22,23)24)9-13(8-11)20(25,26)27/h3-4,7-10H,5-6H2,1-2H3. The molecule has 0 atom stereocenters. The van der Waals surface area contributed by atoms with Crippen LogP contribution in [0.25, 0.3) is 10.2 Å². The average Bonchev–Trinajstić information content (AvgIpc) is 3.08. The number of hydrogen-bond donors (Lipinski definition) is 0. The minimum atomic E-state index is -5.05. The van der Waals surface area contributed by atoms with E-state index in [1.165, 1.54) is 0 Å². The number of alkyl halides is 6. The fraction of sp³-hybridized carbons (Fsp3) is 0.300. The summed E-state index contributed by atoms with van der Waals surface area (Å²) in [5.74, 6) is -0.999. The number of carbonyl (C=O) groups is 1. The summed E-state index contributed by atoms with van der Waals surface area (Å²) in [4.78, 5) is 20.4. The summed E-state index contributed by atoms with van der Waals surface area (Å²) in [7, 11) is 3.45. The van der Waals surface area contributed by atoms with E-state index in [0.717, 1.165) is 20.7 Å². The van der Waals surface area contributed by atoms with Crippen molar-refractivity contribution in [3.05, 3.63) is 57.6 Å². The number of amides is 1. The normalized spacial score (nSPS) is 12.6. The van der Waals surface area contributed by atoms with E-state index in [1.54, 1.807) is 37.2 Å². The number of likely N-dealkylation sites (N-methyl/N-ethyl adjacent to an activating group) is 1. The number of aromatic nitrogens is 1. The molecule has 0 fully saturated rings. The Bertz CT molecular complexity index is 1110. The highest BCUT2D eigenvalue weighted by Crippen LogP contribution is 2.37. The minimum absolute atomic E-state index is 0.00381. The molecule has 32 heavy (non-hydrogen) atoms. The molecule has 0 aliphatic heterocycles. The van der Waals surface area contributed by atoms with Crippen molar-refractivity contribution in [1.82, 2.24) is 9.88 Å². The van der Waals surface area contributed by atoms with Gasteiger partial charge in [-0.3, -0.25) is 9.69 Å². The van der Waals surface area contributed by atoms with E-state index in [9.17, 15) is 31.1 Å². The Balaban J connectivity index is 2.11. The molecule has 0 saturated heterocycles. The van der Waals surface area contributed by atoms with Gasteiger partial charge in [-0.25, -0.2) is 4.98 Å². The van der Waals surface area contributed by atoms with Gasteiger partial charge in [-0.2, -0.15) is 26.3 Å². The van der Waals surface area contributed by atoms with E-state index >= 15 is 0 Å². The maximum Gasteiger partial charge on any atom is 0.416 e. The third-order valence-corrected chi connectivity index (χ3v) is 5.96. The molecule has 3 rings (SSSR count). The van der Waals surface area contributed by atoms with Crippen molar-refractivity contribution in [3.63, 3.8) is 0 Å². The molecule has 1 aromatic heterocycles. The number of anilines is 1. The number of carbonyl (C=O) groups excluding carboxylic acids is 1. The number of halogens is 7. The molecule has 0 unspecified atom stereocenters. The van der Waals surface area contributed by atoms with Gasteiger partial charge >= 0.3 is 12.4 Å². The highest BCUT2D eigenvalue weighted by Gasteiger charge is 2.38. The number of rotatable bonds is 5. The van der Waals surface area contributed by atoms with Crippen molar-refractivity contribution in [1.29, 1.82) is 0 Å². The van der Waals surface area contributed by atoms with Crippen molar-refractivity contribution < 1.29 is 31.1 Å². The predicted molar refractivity (Wildman–Crippen MR) is 114 cm³/mol. The number of hydrogen-bond acceptors (Lipinski definition) is 4. The van der Waals surface area contributed by atoms with Gasteiger partial charge in [0.15, 0.2) is 5.13 Å². The van der Waals surface area contributed by atoms with Gasteiger partial charge in [0, 0.05) is 23.1 Å². The molecule has 3 aromatic rings. The van der Waals surface area contributed by atoms with Crippen LogP contribution >= 0.6 is 27.3 Å². The van der Waals surface area contributed by atoms with Gasteiger partial charge in [0.2, 0.25) is 0 Å². The third-order valence-electron chi connectivity index (χ3n) is 4.42. The largest absolute Gasteiger partial charge is 0.416 e. The monoisotopic (exact) mass is 539 g/mol. The summed E-state index contributed by atoms with van der Waals surface area (Å²) in [5.41, 5.74) is -3.25. The van der Waals surface area contributed by atoms with Gasteiger partial charge in [0.05, 0.1) is 21.3 Å². The smallest absolute Gasteiger partial charge is 0.308 e. The third kappa shape index (κ3) is 5.59. The molecule has 0 bridgehead atoms. The average molecular weight is 540 g/mol. The second-order valence-corrected chi connectivity index (χ2v) is 9.09. The van der Waals surface area contributed by atoms with Gasteiger partial charge in [-0.15, -0.1) is 0 Å². The van der Waals surface area contributed by atoms with Crippen LogP contribution in [0, 0.1) is 0 Å². The SMILES string of the molecule is CN(C)CCN(C(=O)c1cc(C(F)(F)F)cc(C(F)(F)F)c1)c1nc2ccc(Br)cc2s1. The summed E-state index contributed by atoms with van der Waals surface area (Å²) >= 11 is 4.44. The van der Waals surface area contributed by atoms with Crippen LogP contribution < -0.4 is 4.90 Å². The molecule has 172 valence electrons. The second-order valence-electron chi connectivity index (χ2n) is 7.16. The minimum Gasteiger partial charge on any atom is -0.308 e. The summed E-state index contributed by atoms with van der Waals surface area (Å²) in [6, 6.07) is 6.06. The lowest BCUT2D eigenvalue weighted by Crippen LogP contribution is -2.37. The number of fused-ring (bicyclic) bond motifs is 1. The quantitative estimate of drug-likeness (QED) is 0.357. The summed E-state index contributed by atoms with van der Waals surface area (Å²) in [5, 5.41) is 0.177. The van der Waals surface area contributed by atoms with Crippen LogP contribution in [0.1, 0.15) is 21.5 Å². The molecule has 0 N–H and O–H groups in total. The van der Waals surface area contributed by atoms with Crippen LogP contribution in [0.2, 0.25) is 0 Å². The zero-order valence-corrected chi connectivity index (χ0v) is 19.1. The van der Waals surface area contributed by atoms with Crippen molar-refractivity contribution in [2.45, 2.75) is 12.4 Å². The first-order valence-electron chi connectivity index (χ1n) is 9.08. The number of thiazole rings is 1. The van der Waals surface area contributed by atoms with E-state index in [4.69, 9.17) is 0 Å². The van der Waals surface area contributed by atoms with E-state index in [-0.39, 0.29) is 17.7 Å². The zero-order chi connectivity index (χ0) is 23.8. The molecule has 0 saturated carbocycles. The van der Waals surface area contributed by atoms with E-state index in [1.807, 2.05) is 0 Å². The van der Waals surface area contributed by atoms with Crippen molar-refractivity contribution in [2.75, 3.05) is 32.1 Å². The fourth-order valence-electron chi connectivity index (χ4n) is 2.82. The summed E-state index contributed by atoms with van der Waals surface area (Å²) in [6.45, 7) is 0.334. The van der Waals surface area contributed by atoms with Crippen LogP contribution in [-0.2, 0) is 12.4 Å². The first-order valence-corrected chi connectivity index (χ1v) is 10.7. The molecule has 1 amide bonds. The van der Waals surface area contributed by atoms with Gasteiger partial charge in [-0.05, 0) is 50.5 Å². The molecule has 12 heteroatoms. The van der Waals surface area contributed by atoms with Gasteiger partial charge < -0.3 is 4.90 Å². The molecule has 0 aliphatic rings. The van der Waals surface area contributed by atoms with Crippen LogP contribution in [-0.4, -0.2) is 43.0 Å². The van der Waals surface area contributed by atoms with Crippen LogP contribution in [0.3, 0.4) is 0 Å². The molecule has 4 nitrogen and oxygen atoms in total. The van der Waals surface area contributed by atoms with E-state index in [0.29, 0.717) is 28.9 Å². The Morgan fingerprint density at radius 3 is 2.09 bits per heavy atom. The maximum absolute atomic E-state index is 13.2. The first-order chi connectivity index (χ1) is 14.8. The predicted octanol–water partition coefficient (Wildman–Crippen LogP) is 6.30. The van der Waals surface area contributed by atoms with Crippen molar-refractivity contribution in [2.24, 2.45) is 0 Å². The van der Waals surface area contributed by atoms with Crippen molar-refractivity contribution in [3.8, 4) is 0 Å². The second kappa shape index (κ2) is 8.99. The van der Waals surface area contributed by atoms with E-state index in [2.05, 4.69) is 20.9 Å². The Kier molecular flexibility index (Phi) is 6.87. The molecule has 2 aromatic carbocycles. The van der Waals surface area contributed by atoms with Crippen LogP contribution in [0.5, 0.6) is 0 Å². The lowest BCUT2D eigenvalue weighted by molar-refractivity contribution is -0.143. The Hall–Kier alpha value is -2.18. The highest BCUT2D eigenvalue weighted by atomic mass is 79.9. The lowest BCUT2D eigenvalue weighted by atomic mass is 10.0. The fourth-order valence-corrected chi connectivity index (χ4v) is 4.36. The molecular formula is C20H16BrF6N3OS. The van der Waals surface area contributed by atoms with Crippen molar-refractivity contribution >= 4 is 48.5 Å². The van der Waals surface area contributed by atoms with Crippen LogP contribution in [0.15, 0.2) is 40.9 Å².